The van der Waals surface area contributed by atoms with Crippen molar-refractivity contribution in [3.8, 4) is 0 Å². The predicted octanol–water partition coefficient (Wildman–Crippen LogP) is 2.60. The molecule has 2 aromatic carbocycles. The summed E-state index contributed by atoms with van der Waals surface area (Å²) in [6.45, 7) is 2.14. The van der Waals surface area contributed by atoms with E-state index < -0.39 is 20.2 Å². The summed E-state index contributed by atoms with van der Waals surface area (Å²) < 4.78 is 51.2. The van der Waals surface area contributed by atoms with Crippen LogP contribution < -0.4 is 0 Å². The van der Waals surface area contributed by atoms with Crippen LogP contribution in [0.4, 0.5) is 0 Å². The van der Waals surface area contributed by atoms with Gasteiger partial charge in [-0.15, -0.1) is 0 Å². The summed E-state index contributed by atoms with van der Waals surface area (Å²) in [7, 11) is -0.833. The van der Waals surface area contributed by atoms with Crippen molar-refractivity contribution in [2.45, 2.75) is 6.92 Å². The van der Waals surface area contributed by atoms with E-state index in [-0.39, 0.29) is 0 Å². The Morgan fingerprint density at radius 3 is 1.38 bits per heavy atom. The highest BCUT2D eigenvalue weighted by molar-refractivity contribution is 7.86. The Morgan fingerprint density at radius 2 is 1.04 bits per heavy atom. The molecule has 0 N–H and O–H groups in total. The molecule has 0 aliphatic heterocycles. The lowest BCUT2D eigenvalue weighted by molar-refractivity contribution is 0.277. The van der Waals surface area contributed by atoms with Crippen LogP contribution in [0, 0.1) is 6.92 Å². The van der Waals surface area contributed by atoms with Crippen molar-refractivity contribution in [2.75, 3.05) is 41.0 Å². The second-order valence-corrected chi connectivity index (χ2v) is 8.43. The van der Waals surface area contributed by atoms with E-state index in [2.05, 4.69) is 62.5 Å². The standard InChI is InChI=1S/C11H10.2C2H6O3S.C2H6O/c1-9-5-4-7-10-6-2-3-8-11(9)10;2*1-5-6(2,3)4;1-3-2/h2-8H,1H3;2*1-2H3;1-2H3. The molecule has 2 aromatic rings. The van der Waals surface area contributed by atoms with Gasteiger partial charge in [-0.1, -0.05) is 42.5 Å². The van der Waals surface area contributed by atoms with E-state index in [1.807, 2.05) is 0 Å². The second-order valence-electron chi connectivity index (χ2n) is 4.95. The Morgan fingerprint density at radius 1 is 0.692 bits per heavy atom. The van der Waals surface area contributed by atoms with Gasteiger partial charge in [-0.3, -0.25) is 8.37 Å². The molecule has 0 aromatic heterocycles. The minimum Gasteiger partial charge on any atom is -0.388 e. The van der Waals surface area contributed by atoms with Gasteiger partial charge in [0.1, 0.15) is 0 Å². The lowest BCUT2D eigenvalue weighted by Gasteiger charge is -1.98. The van der Waals surface area contributed by atoms with E-state index in [1.54, 1.807) is 14.2 Å². The predicted molar refractivity (Wildman–Crippen MR) is 105 cm³/mol. The first-order chi connectivity index (χ1) is 11.9. The number of methoxy groups -OCH3 is 1. The highest BCUT2D eigenvalue weighted by atomic mass is 32.2. The Labute approximate surface area is 157 Å². The van der Waals surface area contributed by atoms with Crippen LogP contribution in [0.5, 0.6) is 0 Å². The topological polar surface area (TPSA) is 96.0 Å². The molecule has 0 aliphatic rings. The first-order valence-electron chi connectivity index (χ1n) is 7.27. The molecule has 0 aliphatic carbocycles. The molecule has 150 valence electrons. The molecule has 0 radical (unpaired) electrons. The van der Waals surface area contributed by atoms with Crippen molar-refractivity contribution in [3.63, 3.8) is 0 Å². The molecule has 7 nitrogen and oxygen atoms in total. The van der Waals surface area contributed by atoms with Crippen LogP contribution in [0.3, 0.4) is 0 Å². The van der Waals surface area contributed by atoms with E-state index in [1.165, 1.54) is 16.3 Å². The molecule has 2 rings (SSSR count). The van der Waals surface area contributed by atoms with Crippen LogP contribution >= 0.6 is 0 Å². The van der Waals surface area contributed by atoms with Crippen molar-refractivity contribution in [1.29, 1.82) is 0 Å². The summed E-state index contributed by atoms with van der Waals surface area (Å²) in [5.74, 6) is 0. The molecule has 0 heterocycles. The summed E-state index contributed by atoms with van der Waals surface area (Å²) >= 11 is 0. The summed E-state index contributed by atoms with van der Waals surface area (Å²) in [5.41, 5.74) is 1.35. The quantitative estimate of drug-likeness (QED) is 0.705. The smallest absolute Gasteiger partial charge is 0.264 e. The van der Waals surface area contributed by atoms with E-state index >= 15 is 0 Å². The molecule has 0 unspecified atom stereocenters. The van der Waals surface area contributed by atoms with Crippen molar-refractivity contribution < 1.29 is 29.9 Å². The van der Waals surface area contributed by atoms with Gasteiger partial charge in [0.15, 0.2) is 0 Å². The SMILES string of the molecule is COC.COS(C)(=O)=O.COS(C)(=O)=O.Cc1cccc2ccccc12. The minimum absolute atomic E-state index is 0.993. The molecular weight excluding hydrogens is 380 g/mol. The van der Waals surface area contributed by atoms with Gasteiger partial charge >= 0.3 is 0 Å². The second kappa shape index (κ2) is 13.7. The number of fused-ring (bicyclic) bond motifs is 1. The largest absolute Gasteiger partial charge is 0.388 e. The monoisotopic (exact) mass is 408 g/mol. The van der Waals surface area contributed by atoms with E-state index in [9.17, 15) is 16.8 Å². The third-order valence-electron chi connectivity index (χ3n) is 2.61. The first-order valence-corrected chi connectivity index (χ1v) is 10.9. The van der Waals surface area contributed by atoms with Crippen LogP contribution in [0.15, 0.2) is 42.5 Å². The number of rotatable bonds is 2. The number of ether oxygens (including phenoxy) is 1. The van der Waals surface area contributed by atoms with E-state index in [4.69, 9.17) is 0 Å². The molecular formula is C17H28O7S2. The van der Waals surface area contributed by atoms with Crippen molar-refractivity contribution >= 4 is 31.0 Å². The van der Waals surface area contributed by atoms with Gasteiger partial charge in [0.2, 0.25) is 0 Å². The number of benzene rings is 2. The average molecular weight is 409 g/mol. The zero-order valence-corrected chi connectivity index (χ0v) is 17.8. The van der Waals surface area contributed by atoms with Gasteiger partial charge in [-0.2, -0.15) is 16.8 Å². The van der Waals surface area contributed by atoms with Crippen molar-refractivity contribution in [3.05, 3.63) is 48.0 Å². The summed E-state index contributed by atoms with van der Waals surface area (Å²) in [6.07, 6.45) is 1.99. The lowest BCUT2D eigenvalue weighted by atomic mass is 10.1. The molecule has 0 spiro atoms. The van der Waals surface area contributed by atoms with Gasteiger partial charge in [0, 0.05) is 14.2 Å². The normalized spacial score (nSPS) is 10.4. The fourth-order valence-electron chi connectivity index (χ4n) is 1.39. The maximum absolute atomic E-state index is 9.78. The van der Waals surface area contributed by atoms with Crippen LogP contribution in [-0.2, 0) is 33.3 Å². The zero-order valence-electron chi connectivity index (χ0n) is 16.2. The maximum Gasteiger partial charge on any atom is 0.264 e. The third-order valence-corrected chi connectivity index (χ3v) is 3.82. The zero-order chi connectivity index (χ0) is 20.8. The Kier molecular flexibility index (Phi) is 14.0. The molecule has 9 heteroatoms. The van der Waals surface area contributed by atoms with Gasteiger partial charge < -0.3 is 4.74 Å². The van der Waals surface area contributed by atoms with Crippen LogP contribution in [-0.4, -0.2) is 57.8 Å². The fraction of sp³-hybridized carbons (Fsp3) is 0.412. The molecule has 0 atom stereocenters. The average Bonchev–Trinajstić information content (AvgIpc) is 2.56. The molecule has 0 bridgehead atoms. The maximum atomic E-state index is 9.78. The van der Waals surface area contributed by atoms with Gasteiger partial charge in [-0.05, 0) is 23.3 Å². The Balaban J connectivity index is 0. The highest BCUT2D eigenvalue weighted by Crippen LogP contribution is 2.16. The van der Waals surface area contributed by atoms with Gasteiger partial charge in [0.05, 0.1) is 26.7 Å². The molecule has 0 saturated heterocycles. The Bertz CT molecular complexity index is 792. The van der Waals surface area contributed by atoms with Crippen molar-refractivity contribution in [1.82, 2.24) is 0 Å². The van der Waals surface area contributed by atoms with Crippen LogP contribution in [0.25, 0.3) is 10.8 Å². The molecule has 0 amide bonds. The van der Waals surface area contributed by atoms with Gasteiger partial charge in [-0.25, -0.2) is 0 Å². The first kappa shape index (κ1) is 26.7. The van der Waals surface area contributed by atoms with Gasteiger partial charge in [0.25, 0.3) is 20.2 Å². The summed E-state index contributed by atoms with van der Waals surface area (Å²) in [6, 6.07) is 14.8. The summed E-state index contributed by atoms with van der Waals surface area (Å²) in [5, 5.41) is 2.68. The number of hydrogen-bond acceptors (Lipinski definition) is 7. The minimum atomic E-state index is -3.16. The fourth-order valence-corrected chi connectivity index (χ4v) is 1.39. The lowest BCUT2D eigenvalue weighted by Crippen LogP contribution is -1.95. The Hall–Kier alpha value is -1.52. The molecule has 26 heavy (non-hydrogen) atoms. The highest BCUT2D eigenvalue weighted by Gasteiger charge is 1.92. The number of hydrogen-bond donors (Lipinski definition) is 0. The van der Waals surface area contributed by atoms with Crippen LogP contribution in [0.1, 0.15) is 5.56 Å². The van der Waals surface area contributed by atoms with Crippen molar-refractivity contribution in [2.24, 2.45) is 0 Å². The van der Waals surface area contributed by atoms with E-state index in [0.29, 0.717) is 0 Å². The third kappa shape index (κ3) is 16.0. The number of aryl methyl sites for hydroxylation is 1. The molecule has 0 saturated carbocycles. The van der Waals surface area contributed by atoms with E-state index in [0.717, 1.165) is 26.7 Å². The van der Waals surface area contributed by atoms with Crippen LogP contribution in [0.2, 0.25) is 0 Å². The molecule has 0 fully saturated rings. The summed E-state index contributed by atoms with van der Waals surface area (Å²) in [4.78, 5) is 0.